The third kappa shape index (κ3) is 5.92. The van der Waals surface area contributed by atoms with Crippen LogP contribution in [0, 0.1) is 12.7 Å². The zero-order valence-corrected chi connectivity index (χ0v) is 23.4. The molecule has 1 saturated heterocycles. The number of nitrogens with two attached hydrogens (primary N) is 1. The number of ether oxygens (including phenoxy) is 3. The zero-order chi connectivity index (χ0) is 29.1. The number of benzene rings is 2. The number of halogens is 1. The summed E-state index contributed by atoms with van der Waals surface area (Å²) < 4.78 is 31.1. The fourth-order valence-electron chi connectivity index (χ4n) is 4.92. The molecule has 1 fully saturated rings. The number of nitrogens with zero attached hydrogens (tertiary/aromatic N) is 5. The van der Waals surface area contributed by atoms with Crippen molar-refractivity contribution in [2.24, 2.45) is 0 Å². The SMILES string of the molecule is COc1cc(-c2ncc(F)c(N3CCN(CC(=O)Nc4ccc5nc(C)cc(N)c5c4)CC3)n2)cc(OC)c1OC. The molecule has 0 spiro atoms. The number of carbonyl (C=O) groups excluding carboxylic acids is 1. The Bertz CT molecular complexity index is 1570. The van der Waals surface area contributed by atoms with Crippen molar-refractivity contribution < 1.29 is 23.4 Å². The van der Waals surface area contributed by atoms with Gasteiger partial charge in [0.05, 0.1) is 39.6 Å². The number of pyridine rings is 1. The molecule has 0 radical (unpaired) electrons. The number of amides is 1. The van der Waals surface area contributed by atoms with Gasteiger partial charge in [-0.15, -0.1) is 0 Å². The van der Waals surface area contributed by atoms with Gasteiger partial charge in [-0.25, -0.2) is 14.4 Å². The van der Waals surface area contributed by atoms with Crippen LogP contribution in [-0.2, 0) is 4.79 Å². The number of piperazine rings is 1. The molecule has 4 aromatic rings. The van der Waals surface area contributed by atoms with E-state index in [1.54, 1.807) is 12.1 Å². The molecule has 41 heavy (non-hydrogen) atoms. The average molecular weight is 562 g/mol. The molecule has 2 aromatic heterocycles. The maximum Gasteiger partial charge on any atom is 0.238 e. The minimum Gasteiger partial charge on any atom is -0.493 e. The lowest BCUT2D eigenvalue weighted by Crippen LogP contribution is -2.49. The molecule has 1 amide bonds. The summed E-state index contributed by atoms with van der Waals surface area (Å²) in [5, 5.41) is 3.73. The van der Waals surface area contributed by atoms with Crippen molar-refractivity contribution in [2.75, 3.05) is 70.0 Å². The Morgan fingerprint density at radius 3 is 2.37 bits per heavy atom. The fourth-order valence-corrected chi connectivity index (χ4v) is 4.92. The monoisotopic (exact) mass is 561 g/mol. The van der Waals surface area contributed by atoms with Gasteiger partial charge in [0, 0.05) is 54.2 Å². The maximum atomic E-state index is 14.9. The Balaban J connectivity index is 1.24. The molecule has 0 aliphatic carbocycles. The molecule has 5 rings (SSSR count). The van der Waals surface area contributed by atoms with Crippen LogP contribution < -0.4 is 30.2 Å². The summed E-state index contributed by atoms with van der Waals surface area (Å²) in [6, 6.07) is 10.7. The molecule has 1 aliphatic heterocycles. The largest absolute Gasteiger partial charge is 0.493 e. The topological polar surface area (TPSA) is 128 Å². The van der Waals surface area contributed by atoms with Gasteiger partial charge in [0.15, 0.2) is 29.0 Å². The second-order valence-corrected chi connectivity index (χ2v) is 9.68. The van der Waals surface area contributed by atoms with Crippen LogP contribution in [0.2, 0.25) is 0 Å². The summed E-state index contributed by atoms with van der Waals surface area (Å²) in [5.74, 6) is 1.19. The first-order chi connectivity index (χ1) is 19.8. The smallest absolute Gasteiger partial charge is 0.238 e. The lowest BCUT2D eigenvalue weighted by molar-refractivity contribution is -0.117. The predicted octanol–water partition coefficient (Wildman–Crippen LogP) is 3.51. The Hall–Kier alpha value is -4.71. The van der Waals surface area contributed by atoms with E-state index in [-0.39, 0.29) is 18.3 Å². The molecule has 1 aliphatic rings. The van der Waals surface area contributed by atoms with Crippen molar-refractivity contribution in [2.45, 2.75) is 6.92 Å². The molecule has 2 aromatic carbocycles. The van der Waals surface area contributed by atoms with Gasteiger partial charge < -0.3 is 30.2 Å². The first-order valence-electron chi connectivity index (χ1n) is 13.1. The van der Waals surface area contributed by atoms with Gasteiger partial charge in [0.25, 0.3) is 0 Å². The number of rotatable bonds is 8. The van der Waals surface area contributed by atoms with E-state index in [0.29, 0.717) is 66.2 Å². The minimum absolute atomic E-state index is 0.144. The Kier molecular flexibility index (Phi) is 8.02. The highest BCUT2D eigenvalue weighted by Crippen LogP contribution is 2.40. The molecule has 0 bridgehead atoms. The highest BCUT2D eigenvalue weighted by Gasteiger charge is 2.24. The second-order valence-electron chi connectivity index (χ2n) is 9.68. The molecule has 214 valence electrons. The zero-order valence-electron chi connectivity index (χ0n) is 23.4. The van der Waals surface area contributed by atoms with Crippen LogP contribution in [0.5, 0.6) is 17.2 Å². The lowest BCUT2D eigenvalue weighted by Gasteiger charge is -2.35. The molecule has 0 unspecified atom stereocenters. The summed E-state index contributed by atoms with van der Waals surface area (Å²) in [7, 11) is 4.56. The Morgan fingerprint density at radius 2 is 1.71 bits per heavy atom. The first kappa shape index (κ1) is 27.8. The molecule has 12 heteroatoms. The van der Waals surface area contributed by atoms with Crippen LogP contribution in [0.4, 0.5) is 21.6 Å². The minimum atomic E-state index is -0.521. The van der Waals surface area contributed by atoms with E-state index >= 15 is 0 Å². The van der Waals surface area contributed by atoms with E-state index < -0.39 is 5.82 Å². The van der Waals surface area contributed by atoms with Crippen molar-refractivity contribution in [3.8, 4) is 28.6 Å². The summed E-state index contributed by atoms with van der Waals surface area (Å²) in [6.45, 7) is 4.20. The number of anilines is 3. The van der Waals surface area contributed by atoms with E-state index in [2.05, 4.69) is 20.3 Å². The average Bonchev–Trinajstić information content (AvgIpc) is 2.97. The van der Waals surface area contributed by atoms with Crippen LogP contribution in [0.15, 0.2) is 42.6 Å². The van der Waals surface area contributed by atoms with Crippen LogP contribution in [0.1, 0.15) is 5.69 Å². The molecule has 11 nitrogen and oxygen atoms in total. The van der Waals surface area contributed by atoms with Crippen LogP contribution in [-0.4, -0.2) is 79.8 Å². The highest BCUT2D eigenvalue weighted by atomic mass is 19.1. The standard InChI is InChI=1S/C29H32FN7O4/c1-17-11-22(31)20-14-19(5-6-23(20)33-17)34-26(38)16-36-7-9-37(10-8-36)29-21(30)15-32-28(35-29)18-12-24(39-2)27(41-4)25(13-18)40-3/h5-6,11-15H,7-10,16H2,1-4H3,(H2,31,33)(H,34,38). The molecule has 0 saturated carbocycles. The van der Waals surface area contributed by atoms with Gasteiger partial charge in [0.2, 0.25) is 11.7 Å². The van der Waals surface area contributed by atoms with Crippen molar-refractivity contribution in [1.29, 1.82) is 0 Å². The van der Waals surface area contributed by atoms with Crippen LogP contribution in [0.25, 0.3) is 22.3 Å². The summed E-state index contributed by atoms with van der Waals surface area (Å²) >= 11 is 0. The number of hydrogen-bond acceptors (Lipinski definition) is 10. The Morgan fingerprint density at radius 1 is 1.00 bits per heavy atom. The van der Waals surface area contributed by atoms with E-state index in [4.69, 9.17) is 19.9 Å². The van der Waals surface area contributed by atoms with Crippen molar-refractivity contribution in [1.82, 2.24) is 19.9 Å². The van der Waals surface area contributed by atoms with E-state index in [1.807, 2.05) is 41.0 Å². The molecule has 3 heterocycles. The van der Waals surface area contributed by atoms with Crippen LogP contribution in [0.3, 0.4) is 0 Å². The van der Waals surface area contributed by atoms with E-state index in [1.165, 1.54) is 21.3 Å². The third-order valence-corrected chi connectivity index (χ3v) is 6.94. The van der Waals surface area contributed by atoms with Crippen molar-refractivity contribution in [3.63, 3.8) is 0 Å². The maximum absolute atomic E-state index is 14.9. The first-order valence-corrected chi connectivity index (χ1v) is 13.1. The highest BCUT2D eigenvalue weighted by molar-refractivity contribution is 5.97. The summed E-state index contributed by atoms with van der Waals surface area (Å²) in [6.07, 6.45) is 1.16. The van der Waals surface area contributed by atoms with Gasteiger partial charge in [-0.3, -0.25) is 14.7 Å². The molecule has 0 atom stereocenters. The number of fused-ring (bicyclic) bond motifs is 1. The van der Waals surface area contributed by atoms with Gasteiger partial charge in [-0.2, -0.15) is 0 Å². The number of nitrogens with one attached hydrogen (secondary N) is 1. The quantitative estimate of drug-likeness (QED) is 0.330. The number of aryl methyl sites for hydroxylation is 1. The normalized spacial score (nSPS) is 13.7. The number of nitrogen functional groups attached to an aromatic ring is 1. The summed E-state index contributed by atoms with van der Waals surface area (Å²) in [5.41, 5.74) is 9.62. The second kappa shape index (κ2) is 11.8. The van der Waals surface area contributed by atoms with Crippen molar-refractivity contribution in [3.05, 3.63) is 54.1 Å². The fraction of sp³-hybridized carbons (Fsp3) is 0.310. The van der Waals surface area contributed by atoms with Gasteiger partial charge >= 0.3 is 0 Å². The molecule has 3 N–H and O–H groups in total. The van der Waals surface area contributed by atoms with Gasteiger partial charge in [-0.1, -0.05) is 0 Å². The summed E-state index contributed by atoms with van der Waals surface area (Å²) in [4.78, 5) is 29.9. The predicted molar refractivity (Wildman–Crippen MR) is 155 cm³/mol. The van der Waals surface area contributed by atoms with Crippen LogP contribution >= 0.6 is 0 Å². The number of hydrogen-bond donors (Lipinski definition) is 2. The Labute approximate surface area is 237 Å². The van der Waals surface area contributed by atoms with Crippen molar-refractivity contribution >= 4 is 34.0 Å². The lowest BCUT2D eigenvalue weighted by atomic mass is 10.1. The van der Waals surface area contributed by atoms with E-state index in [0.717, 1.165) is 22.8 Å². The van der Waals surface area contributed by atoms with Gasteiger partial charge in [-0.05, 0) is 43.3 Å². The molecular formula is C29H32FN7O4. The molecular weight excluding hydrogens is 529 g/mol. The third-order valence-electron chi connectivity index (χ3n) is 6.94. The van der Waals surface area contributed by atoms with Gasteiger partial charge in [0.1, 0.15) is 0 Å². The number of methoxy groups -OCH3 is 3. The number of carbonyl (C=O) groups is 1. The van der Waals surface area contributed by atoms with E-state index in [9.17, 15) is 9.18 Å². The number of aromatic nitrogens is 3.